The van der Waals surface area contributed by atoms with Crippen LogP contribution in [0.1, 0.15) is 52.0 Å². The molecule has 1 aliphatic rings. The Kier molecular flexibility index (Phi) is 6.65. The SMILES string of the molecule is CC(C)(C)[C@H]1CC[C@H](Oc2ccc3cc(CNCC(F)(F)C(=O)O)ccc3c2)CC1. The fraction of sp³-hybridized carbons (Fsp3) is 0.542. The van der Waals surface area contributed by atoms with Crippen LogP contribution >= 0.6 is 0 Å². The molecule has 4 nitrogen and oxygen atoms in total. The largest absolute Gasteiger partial charge is 0.490 e. The van der Waals surface area contributed by atoms with Crippen molar-refractivity contribution in [3.63, 3.8) is 0 Å². The highest BCUT2D eigenvalue weighted by molar-refractivity contribution is 5.84. The van der Waals surface area contributed by atoms with E-state index >= 15 is 0 Å². The van der Waals surface area contributed by atoms with Gasteiger partial charge in [-0.15, -0.1) is 0 Å². The summed E-state index contributed by atoms with van der Waals surface area (Å²) in [4.78, 5) is 10.5. The molecule has 2 N–H and O–H groups in total. The number of fused-ring (bicyclic) bond motifs is 1. The molecule has 0 amide bonds. The quantitative estimate of drug-likeness (QED) is 0.610. The van der Waals surface area contributed by atoms with Crippen LogP contribution in [0.5, 0.6) is 5.75 Å². The zero-order valence-electron chi connectivity index (χ0n) is 17.9. The van der Waals surface area contributed by atoms with Gasteiger partial charge in [-0.3, -0.25) is 0 Å². The Morgan fingerprint density at radius 3 is 2.33 bits per heavy atom. The number of aliphatic carboxylic acids is 1. The van der Waals surface area contributed by atoms with Crippen molar-refractivity contribution >= 4 is 16.7 Å². The van der Waals surface area contributed by atoms with Crippen LogP contribution < -0.4 is 10.1 Å². The Hall–Kier alpha value is -2.21. The second-order valence-corrected chi connectivity index (χ2v) is 9.41. The molecule has 0 spiro atoms. The molecule has 0 heterocycles. The summed E-state index contributed by atoms with van der Waals surface area (Å²) in [6, 6.07) is 11.6. The smallest absolute Gasteiger partial charge is 0.375 e. The second kappa shape index (κ2) is 8.88. The molecule has 0 bridgehead atoms. The zero-order valence-corrected chi connectivity index (χ0v) is 17.9. The normalized spacial score (nSPS) is 20.3. The minimum atomic E-state index is -3.77. The van der Waals surface area contributed by atoms with Crippen molar-refractivity contribution in [2.45, 2.75) is 65.0 Å². The molecule has 0 aromatic heterocycles. The molecule has 0 unspecified atom stereocenters. The number of nitrogens with one attached hydrogen (secondary N) is 1. The standard InChI is InChI=1S/C24H31F2NO3/c1-23(2,3)19-7-10-20(11-8-19)30-21-9-6-17-12-16(4-5-18(17)13-21)14-27-15-24(25,26)22(28)29/h4-6,9,12-13,19-20,27H,7-8,10-11,14-15H2,1-3H3,(H,28,29)/t19-,20-. The highest BCUT2D eigenvalue weighted by Crippen LogP contribution is 2.39. The molecular weight excluding hydrogens is 388 g/mol. The lowest BCUT2D eigenvalue weighted by Crippen LogP contribution is -2.39. The number of carboxylic acids is 1. The van der Waals surface area contributed by atoms with Gasteiger partial charge >= 0.3 is 11.9 Å². The van der Waals surface area contributed by atoms with E-state index in [2.05, 4.69) is 26.1 Å². The lowest BCUT2D eigenvalue weighted by molar-refractivity contribution is -0.164. The van der Waals surface area contributed by atoms with Crippen LogP contribution in [-0.2, 0) is 11.3 Å². The van der Waals surface area contributed by atoms with E-state index in [1.54, 1.807) is 0 Å². The summed E-state index contributed by atoms with van der Waals surface area (Å²) in [7, 11) is 0. The Bertz CT molecular complexity index is 884. The third-order valence-electron chi connectivity index (χ3n) is 6.07. The minimum Gasteiger partial charge on any atom is -0.490 e. The maximum Gasteiger partial charge on any atom is 0.375 e. The number of hydrogen-bond acceptors (Lipinski definition) is 3. The van der Waals surface area contributed by atoms with Crippen LogP contribution in [0.4, 0.5) is 8.78 Å². The minimum absolute atomic E-state index is 0.175. The summed E-state index contributed by atoms with van der Waals surface area (Å²) in [5.41, 5.74) is 1.17. The molecule has 1 aliphatic carbocycles. The maximum atomic E-state index is 13.1. The molecule has 6 heteroatoms. The number of hydrogen-bond donors (Lipinski definition) is 2. The van der Waals surface area contributed by atoms with Gasteiger partial charge in [0.25, 0.3) is 0 Å². The van der Waals surface area contributed by atoms with Gasteiger partial charge in [0, 0.05) is 6.54 Å². The van der Waals surface area contributed by atoms with Gasteiger partial charge in [-0.05, 0) is 71.6 Å². The number of carboxylic acid groups (broad SMARTS) is 1. The summed E-state index contributed by atoms with van der Waals surface area (Å²) in [6.07, 6.45) is 4.79. The summed E-state index contributed by atoms with van der Waals surface area (Å²) in [6.45, 7) is 6.20. The van der Waals surface area contributed by atoms with E-state index in [1.165, 1.54) is 12.8 Å². The Morgan fingerprint density at radius 2 is 1.70 bits per heavy atom. The Morgan fingerprint density at radius 1 is 1.07 bits per heavy atom. The van der Waals surface area contributed by atoms with Crippen molar-refractivity contribution in [1.82, 2.24) is 5.32 Å². The molecule has 0 aliphatic heterocycles. The van der Waals surface area contributed by atoms with Crippen LogP contribution in [0.25, 0.3) is 10.8 Å². The first kappa shape index (κ1) is 22.5. The van der Waals surface area contributed by atoms with Gasteiger partial charge in [0.15, 0.2) is 0 Å². The monoisotopic (exact) mass is 419 g/mol. The Labute approximate surface area is 176 Å². The van der Waals surface area contributed by atoms with Gasteiger partial charge in [-0.25, -0.2) is 4.79 Å². The van der Waals surface area contributed by atoms with Gasteiger partial charge in [-0.1, -0.05) is 39.0 Å². The topological polar surface area (TPSA) is 58.6 Å². The number of alkyl halides is 2. The average molecular weight is 420 g/mol. The molecule has 164 valence electrons. The predicted octanol–water partition coefficient (Wildman–Crippen LogP) is 5.63. The van der Waals surface area contributed by atoms with E-state index in [4.69, 9.17) is 9.84 Å². The first-order chi connectivity index (χ1) is 14.0. The Balaban J connectivity index is 1.57. The fourth-order valence-electron chi connectivity index (χ4n) is 4.14. The number of carbonyl (C=O) groups is 1. The first-order valence-corrected chi connectivity index (χ1v) is 10.6. The van der Waals surface area contributed by atoms with E-state index in [-0.39, 0.29) is 12.6 Å². The van der Waals surface area contributed by atoms with Gasteiger partial charge in [0.2, 0.25) is 0 Å². The number of rotatable bonds is 7. The van der Waals surface area contributed by atoms with Crippen molar-refractivity contribution in [2.75, 3.05) is 6.54 Å². The van der Waals surface area contributed by atoms with Crippen LogP contribution in [0.2, 0.25) is 0 Å². The molecule has 1 fully saturated rings. The summed E-state index contributed by atoms with van der Waals surface area (Å²) in [5.74, 6) is -4.28. The summed E-state index contributed by atoms with van der Waals surface area (Å²) >= 11 is 0. The van der Waals surface area contributed by atoms with E-state index in [1.807, 2.05) is 36.4 Å². The van der Waals surface area contributed by atoms with Gasteiger partial charge in [-0.2, -0.15) is 8.78 Å². The number of ether oxygens (including phenoxy) is 1. The summed E-state index contributed by atoms with van der Waals surface area (Å²) in [5, 5.41) is 13.0. The van der Waals surface area contributed by atoms with Crippen molar-refractivity contribution in [2.24, 2.45) is 11.3 Å². The summed E-state index contributed by atoms with van der Waals surface area (Å²) < 4.78 is 32.5. The zero-order chi connectivity index (χ0) is 21.9. The lowest BCUT2D eigenvalue weighted by atomic mass is 9.72. The maximum absolute atomic E-state index is 13.1. The van der Waals surface area contributed by atoms with E-state index < -0.39 is 18.4 Å². The molecular formula is C24H31F2NO3. The second-order valence-electron chi connectivity index (χ2n) is 9.41. The molecule has 0 saturated heterocycles. The van der Waals surface area contributed by atoms with E-state index in [0.29, 0.717) is 5.41 Å². The van der Waals surface area contributed by atoms with Crippen LogP contribution in [0.15, 0.2) is 36.4 Å². The van der Waals surface area contributed by atoms with Gasteiger partial charge in [0.05, 0.1) is 12.6 Å². The van der Waals surface area contributed by atoms with Crippen molar-refractivity contribution in [3.05, 3.63) is 42.0 Å². The predicted molar refractivity (Wildman–Crippen MR) is 114 cm³/mol. The van der Waals surface area contributed by atoms with Gasteiger partial charge in [0.1, 0.15) is 5.75 Å². The van der Waals surface area contributed by atoms with Crippen LogP contribution in [0, 0.1) is 11.3 Å². The third-order valence-corrected chi connectivity index (χ3v) is 6.07. The van der Waals surface area contributed by atoms with E-state index in [9.17, 15) is 13.6 Å². The molecule has 2 aromatic rings. The first-order valence-electron chi connectivity index (χ1n) is 10.6. The fourth-order valence-corrected chi connectivity index (χ4v) is 4.14. The van der Waals surface area contributed by atoms with Gasteiger partial charge < -0.3 is 15.2 Å². The number of benzene rings is 2. The lowest BCUT2D eigenvalue weighted by Gasteiger charge is -2.37. The molecule has 2 aromatic carbocycles. The number of halogens is 2. The molecule has 1 saturated carbocycles. The molecule has 0 atom stereocenters. The van der Waals surface area contributed by atoms with E-state index in [0.717, 1.165) is 40.8 Å². The van der Waals surface area contributed by atoms with Crippen molar-refractivity contribution in [1.29, 1.82) is 0 Å². The third kappa shape index (κ3) is 5.69. The van der Waals surface area contributed by atoms with Crippen molar-refractivity contribution < 1.29 is 23.4 Å². The molecule has 30 heavy (non-hydrogen) atoms. The van der Waals surface area contributed by atoms with Crippen LogP contribution in [0.3, 0.4) is 0 Å². The molecule has 3 rings (SSSR count). The highest BCUT2D eigenvalue weighted by atomic mass is 19.3. The molecule has 0 radical (unpaired) electrons. The van der Waals surface area contributed by atoms with Crippen LogP contribution in [-0.4, -0.2) is 29.6 Å². The van der Waals surface area contributed by atoms with Crippen molar-refractivity contribution in [3.8, 4) is 5.75 Å². The highest BCUT2D eigenvalue weighted by Gasteiger charge is 2.38. The average Bonchev–Trinajstić information content (AvgIpc) is 2.67.